The predicted molar refractivity (Wildman–Crippen MR) is 64.4 cm³/mol. The Morgan fingerprint density at radius 1 is 1.07 bits per heavy atom. The van der Waals surface area contributed by atoms with Gasteiger partial charge < -0.3 is 4.90 Å². The predicted octanol–water partition coefficient (Wildman–Crippen LogP) is 3.32. The molecule has 0 fully saturated rings. The molecule has 0 aromatic rings. The van der Waals surface area contributed by atoms with Gasteiger partial charge in [0, 0.05) is 22.1 Å². The zero-order valence-electron chi connectivity index (χ0n) is 9.89. The van der Waals surface area contributed by atoms with Crippen molar-refractivity contribution in [2.45, 2.75) is 53.6 Å². The second kappa shape index (κ2) is 5.54. The first-order chi connectivity index (χ1) is 6.29. The van der Waals surface area contributed by atoms with Crippen molar-refractivity contribution in [1.82, 2.24) is 4.90 Å². The van der Waals surface area contributed by atoms with Crippen LogP contribution in [0.3, 0.4) is 0 Å². The lowest BCUT2D eigenvalue weighted by molar-refractivity contribution is -0.130. The average Bonchev–Trinajstić information content (AvgIpc) is 2.01. The van der Waals surface area contributed by atoms with Crippen LogP contribution in [0.2, 0.25) is 0 Å². The smallest absolute Gasteiger partial charge is 0.250 e. The van der Waals surface area contributed by atoms with Gasteiger partial charge in [0.1, 0.15) is 0 Å². The van der Waals surface area contributed by atoms with E-state index in [2.05, 4.69) is 15.9 Å². The number of nitrogens with zero attached hydrogens (tertiary/aromatic N) is 1. The molecule has 82 valence electrons. The molecule has 0 aliphatic rings. The third-order valence-corrected chi connectivity index (χ3v) is 2.78. The number of rotatable bonds is 3. The van der Waals surface area contributed by atoms with E-state index >= 15 is 0 Å². The number of hydrogen-bond donors (Lipinski definition) is 0. The molecule has 3 heteroatoms. The lowest BCUT2D eigenvalue weighted by Gasteiger charge is -2.31. The topological polar surface area (TPSA) is 20.3 Å². The van der Waals surface area contributed by atoms with E-state index in [9.17, 15) is 4.79 Å². The number of allylic oxidation sites excluding steroid dienone is 1. The summed E-state index contributed by atoms with van der Waals surface area (Å²) < 4.78 is 0.911. The molecule has 0 aromatic carbocycles. The summed E-state index contributed by atoms with van der Waals surface area (Å²) in [5.41, 5.74) is 0.785. The minimum absolute atomic E-state index is 0.115. The summed E-state index contributed by atoms with van der Waals surface area (Å²) in [6.45, 7) is 11.9. The van der Waals surface area contributed by atoms with Gasteiger partial charge in [0.05, 0.1) is 0 Å². The Morgan fingerprint density at radius 3 is 1.64 bits per heavy atom. The highest BCUT2D eigenvalue weighted by atomic mass is 79.9. The molecule has 0 radical (unpaired) electrons. The normalized spacial score (nSPS) is 13.2. The number of hydrogen-bond acceptors (Lipinski definition) is 1. The number of halogens is 1. The largest absolute Gasteiger partial charge is 0.334 e. The van der Waals surface area contributed by atoms with Crippen molar-refractivity contribution >= 4 is 21.8 Å². The van der Waals surface area contributed by atoms with E-state index in [-0.39, 0.29) is 18.0 Å². The van der Waals surface area contributed by atoms with Crippen LogP contribution in [0.5, 0.6) is 0 Å². The van der Waals surface area contributed by atoms with E-state index in [4.69, 9.17) is 0 Å². The summed E-state index contributed by atoms with van der Waals surface area (Å²) in [5.74, 6) is 0.115. The van der Waals surface area contributed by atoms with Crippen LogP contribution in [0.15, 0.2) is 10.1 Å². The van der Waals surface area contributed by atoms with Crippen molar-refractivity contribution in [3.8, 4) is 0 Å². The lowest BCUT2D eigenvalue weighted by atomic mass is 10.1. The van der Waals surface area contributed by atoms with E-state index in [1.165, 1.54) is 0 Å². The van der Waals surface area contributed by atoms with Gasteiger partial charge in [-0.2, -0.15) is 0 Å². The fraction of sp³-hybridized carbons (Fsp3) is 0.727. The summed E-state index contributed by atoms with van der Waals surface area (Å²) in [6.07, 6.45) is 0. The van der Waals surface area contributed by atoms with Crippen LogP contribution >= 0.6 is 15.9 Å². The van der Waals surface area contributed by atoms with E-state index < -0.39 is 0 Å². The van der Waals surface area contributed by atoms with Crippen LogP contribution in [-0.4, -0.2) is 22.9 Å². The van der Waals surface area contributed by atoms with Crippen LogP contribution in [-0.2, 0) is 4.79 Å². The van der Waals surface area contributed by atoms with Crippen molar-refractivity contribution < 1.29 is 4.79 Å². The van der Waals surface area contributed by atoms with Crippen LogP contribution in [0.25, 0.3) is 0 Å². The number of carbonyl (C=O) groups is 1. The first kappa shape index (κ1) is 13.7. The van der Waals surface area contributed by atoms with Gasteiger partial charge in [0.15, 0.2) is 0 Å². The van der Waals surface area contributed by atoms with Gasteiger partial charge in [0.25, 0.3) is 5.91 Å². The molecule has 0 bridgehead atoms. The lowest BCUT2D eigenvalue weighted by Crippen LogP contribution is -2.42. The van der Waals surface area contributed by atoms with Gasteiger partial charge in [-0.25, -0.2) is 0 Å². The summed E-state index contributed by atoms with van der Waals surface area (Å²) in [4.78, 5) is 13.9. The molecule has 0 aliphatic heterocycles. The Balaban J connectivity index is 4.89. The Hall–Kier alpha value is -0.310. The van der Waals surface area contributed by atoms with Gasteiger partial charge in [-0.3, -0.25) is 4.79 Å². The molecule has 0 N–H and O–H groups in total. The monoisotopic (exact) mass is 261 g/mol. The molecule has 0 saturated heterocycles. The van der Waals surface area contributed by atoms with Gasteiger partial charge in [-0.1, -0.05) is 15.9 Å². The highest BCUT2D eigenvalue weighted by Crippen LogP contribution is 2.16. The Morgan fingerprint density at radius 2 is 1.43 bits per heavy atom. The van der Waals surface area contributed by atoms with Gasteiger partial charge >= 0.3 is 0 Å². The molecule has 1 amide bonds. The average molecular weight is 262 g/mol. The molecule has 0 rings (SSSR count). The minimum Gasteiger partial charge on any atom is -0.334 e. The third-order valence-electron chi connectivity index (χ3n) is 2.18. The molecule has 0 unspecified atom stereocenters. The first-order valence-electron chi connectivity index (χ1n) is 4.94. The molecule has 0 saturated carbocycles. The first-order valence-corrected chi connectivity index (χ1v) is 5.74. The molecular formula is C11H20BrNO. The maximum atomic E-state index is 12.0. The minimum atomic E-state index is 0.115. The summed E-state index contributed by atoms with van der Waals surface area (Å²) in [5, 5.41) is 0. The van der Waals surface area contributed by atoms with Gasteiger partial charge in [-0.15, -0.1) is 0 Å². The van der Waals surface area contributed by atoms with Crippen molar-refractivity contribution in [3.63, 3.8) is 0 Å². The summed E-state index contributed by atoms with van der Waals surface area (Å²) in [7, 11) is 0. The molecule has 0 aliphatic carbocycles. The highest BCUT2D eigenvalue weighted by molar-refractivity contribution is 9.11. The zero-order valence-corrected chi connectivity index (χ0v) is 11.5. The van der Waals surface area contributed by atoms with Gasteiger partial charge in [0.2, 0.25) is 0 Å². The molecular weight excluding hydrogens is 242 g/mol. The van der Waals surface area contributed by atoms with Crippen molar-refractivity contribution in [3.05, 3.63) is 10.1 Å². The maximum Gasteiger partial charge on any atom is 0.250 e. The molecule has 0 spiro atoms. The van der Waals surface area contributed by atoms with E-state index in [0.717, 1.165) is 10.1 Å². The highest BCUT2D eigenvalue weighted by Gasteiger charge is 2.21. The van der Waals surface area contributed by atoms with Crippen molar-refractivity contribution in [1.29, 1.82) is 0 Å². The number of carbonyl (C=O) groups excluding carboxylic acids is 1. The van der Waals surface area contributed by atoms with Crippen LogP contribution in [0.4, 0.5) is 0 Å². The SMILES string of the molecule is C/C(Br)=C(/C)C(=O)N(C(C)C)C(C)C. The fourth-order valence-electron chi connectivity index (χ4n) is 1.41. The number of amides is 1. The molecule has 2 nitrogen and oxygen atoms in total. The third kappa shape index (κ3) is 3.45. The molecule has 0 heterocycles. The second-order valence-corrected chi connectivity index (χ2v) is 5.25. The Kier molecular flexibility index (Phi) is 5.42. The summed E-state index contributed by atoms with van der Waals surface area (Å²) >= 11 is 3.34. The quantitative estimate of drug-likeness (QED) is 0.714. The standard InChI is InChI=1S/C11H20BrNO/c1-7(2)13(8(3)4)11(14)9(5)10(6)12/h7-8H,1-6H3/b10-9+. The maximum absolute atomic E-state index is 12.0. The Labute approximate surface area is 95.5 Å². The van der Waals surface area contributed by atoms with Crippen molar-refractivity contribution in [2.24, 2.45) is 0 Å². The summed E-state index contributed by atoms with van der Waals surface area (Å²) in [6, 6.07) is 0.480. The van der Waals surface area contributed by atoms with Crippen LogP contribution in [0.1, 0.15) is 41.5 Å². The molecule has 14 heavy (non-hydrogen) atoms. The second-order valence-electron chi connectivity index (χ2n) is 4.06. The molecule has 0 aromatic heterocycles. The van der Waals surface area contributed by atoms with E-state index in [1.54, 1.807) is 0 Å². The van der Waals surface area contributed by atoms with Crippen molar-refractivity contribution in [2.75, 3.05) is 0 Å². The van der Waals surface area contributed by atoms with Crippen LogP contribution < -0.4 is 0 Å². The molecule has 0 atom stereocenters. The zero-order chi connectivity index (χ0) is 11.5. The van der Waals surface area contributed by atoms with Crippen LogP contribution in [0, 0.1) is 0 Å². The van der Waals surface area contributed by atoms with E-state index in [0.29, 0.717) is 0 Å². The van der Waals surface area contributed by atoms with Gasteiger partial charge in [-0.05, 0) is 41.5 Å². The Bertz CT molecular complexity index is 232. The fourth-order valence-corrected chi connectivity index (χ4v) is 1.58. The van der Waals surface area contributed by atoms with E-state index in [1.807, 2.05) is 46.4 Å².